The second-order valence-electron chi connectivity index (χ2n) is 7.05. The molecule has 0 bridgehead atoms. The molecule has 6 heteroatoms. The van der Waals surface area contributed by atoms with Crippen molar-refractivity contribution in [2.75, 3.05) is 29.4 Å². The Balaban J connectivity index is 1.51. The summed E-state index contributed by atoms with van der Waals surface area (Å²) in [7, 11) is 0. The van der Waals surface area contributed by atoms with Crippen LogP contribution in [-0.4, -0.2) is 35.5 Å². The highest BCUT2D eigenvalue weighted by molar-refractivity contribution is 5.96. The molecule has 3 heterocycles. The monoisotopic (exact) mass is 333 g/mol. The summed E-state index contributed by atoms with van der Waals surface area (Å²) in [5.41, 5.74) is 2.47. The number of nitrogens with zero attached hydrogens (tertiary/aromatic N) is 5. The van der Waals surface area contributed by atoms with Gasteiger partial charge in [0.15, 0.2) is 0 Å². The van der Waals surface area contributed by atoms with E-state index < -0.39 is 0 Å². The van der Waals surface area contributed by atoms with Crippen molar-refractivity contribution in [3.63, 3.8) is 0 Å². The fraction of sp³-hybridized carbons (Fsp3) is 0.368. The van der Waals surface area contributed by atoms with E-state index in [4.69, 9.17) is 5.26 Å². The minimum atomic E-state index is -0.0424. The number of rotatable bonds is 2. The fourth-order valence-electron chi connectivity index (χ4n) is 3.78. The van der Waals surface area contributed by atoms with Gasteiger partial charge in [0.2, 0.25) is 11.9 Å². The van der Waals surface area contributed by atoms with Crippen LogP contribution in [0.25, 0.3) is 0 Å². The number of benzene rings is 1. The molecule has 2 saturated heterocycles. The van der Waals surface area contributed by atoms with Gasteiger partial charge in [-0.15, -0.1) is 0 Å². The van der Waals surface area contributed by atoms with Crippen molar-refractivity contribution in [3.8, 4) is 6.07 Å². The molecule has 2 fully saturated rings. The normalized spacial score (nSPS) is 22.6. The zero-order valence-corrected chi connectivity index (χ0v) is 14.1. The molecule has 2 aliphatic rings. The molecular weight excluding hydrogens is 314 g/mol. The molecule has 6 nitrogen and oxygen atoms in total. The number of anilines is 2. The van der Waals surface area contributed by atoms with E-state index in [0.29, 0.717) is 18.5 Å². The molecule has 2 aliphatic heterocycles. The van der Waals surface area contributed by atoms with E-state index in [1.54, 1.807) is 12.1 Å². The Bertz CT molecular complexity index is 840. The molecule has 1 atom stereocenters. The lowest BCUT2D eigenvalue weighted by molar-refractivity contribution is -0.117. The summed E-state index contributed by atoms with van der Waals surface area (Å²) in [6.45, 7) is 4.35. The van der Waals surface area contributed by atoms with Crippen molar-refractivity contribution in [1.29, 1.82) is 5.26 Å². The zero-order chi connectivity index (χ0) is 17.4. The van der Waals surface area contributed by atoms with Crippen LogP contribution in [0.2, 0.25) is 0 Å². The molecule has 0 aliphatic carbocycles. The maximum atomic E-state index is 12.6. The summed E-state index contributed by atoms with van der Waals surface area (Å²) in [5, 5.41) is 8.92. The predicted octanol–water partition coefficient (Wildman–Crippen LogP) is 2.29. The highest BCUT2D eigenvalue weighted by Crippen LogP contribution is 2.42. The van der Waals surface area contributed by atoms with E-state index in [2.05, 4.69) is 20.9 Å². The first-order valence-corrected chi connectivity index (χ1v) is 8.43. The number of hydrogen-bond acceptors (Lipinski definition) is 5. The molecule has 25 heavy (non-hydrogen) atoms. The van der Waals surface area contributed by atoms with Gasteiger partial charge in [0.1, 0.15) is 0 Å². The first kappa shape index (κ1) is 15.6. The third-order valence-corrected chi connectivity index (χ3v) is 5.12. The van der Waals surface area contributed by atoms with Crippen LogP contribution in [0, 0.1) is 23.7 Å². The van der Waals surface area contributed by atoms with Crippen LogP contribution in [0.4, 0.5) is 11.6 Å². The lowest BCUT2D eigenvalue weighted by Crippen LogP contribution is -2.31. The molecule has 1 aromatic carbocycles. The Morgan fingerprint density at radius 2 is 1.88 bits per heavy atom. The van der Waals surface area contributed by atoms with Gasteiger partial charge in [-0.25, -0.2) is 9.97 Å². The summed E-state index contributed by atoms with van der Waals surface area (Å²) in [6, 6.07) is 9.33. The van der Waals surface area contributed by atoms with E-state index in [9.17, 15) is 4.79 Å². The summed E-state index contributed by atoms with van der Waals surface area (Å²) in [4.78, 5) is 25.4. The van der Waals surface area contributed by atoms with Gasteiger partial charge in [0.05, 0.1) is 11.6 Å². The van der Waals surface area contributed by atoms with E-state index in [1.165, 1.54) is 0 Å². The van der Waals surface area contributed by atoms with Gasteiger partial charge in [-0.05, 0) is 43.2 Å². The van der Waals surface area contributed by atoms with Gasteiger partial charge in [-0.2, -0.15) is 5.26 Å². The highest BCUT2D eigenvalue weighted by atomic mass is 16.2. The maximum Gasteiger partial charge on any atom is 0.227 e. The number of aryl methyl sites for hydroxylation is 1. The molecule has 4 rings (SSSR count). The Hall–Kier alpha value is -2.94. The Labute approximate surface area is 146 Å². The van der Waals surface area contributed by atoms with Crippen molar-refractivity contribution in [2.45, 2.75) is 19.8 Å². The molecule has 0 saturated carbocycles. The van der Waals surface area contributed by atoms with E-state index in [0.717, 1.165) is 36.7 Å². The van der Waals surface area contributed by atoms with Crippen molar-refractivity contribution >= 4 is 17.5 Å². The second-order valence-corrected chi connectivity index (χ2v) is 7.05. The summed E-state index contributed by atoms with van der Waals surface area (Å²) >= 11 is 0. The lowest BCUT2D eigenvalue weighted by atomic mass is 9.86. The maximum absolute atomic E-state index is 12.6. The van der Waals surface area contributed by atoms with Crippen LogP contribution < -0.4 is 9.80 Å². The van der Waals surface area contributed by atoms with Crippen LogP contribution in [0.15, 0.2) is 36.7 Å². The van der Waals surface area contributed by atoms with Crippen LogP contribution in [0.1, 0.15) is 24.0 Å². The first-order chi connectivity index (χ1) is 12.1. The third-order valence-electron chi connectivity index (χ3n) is 5.12. The standard InChI is InChI=1S/C19H19N5O/c1-14-10-21-18(22-11-14)23-7-6-19(12-23)8-17(25)24(13-19)16-4-2-15(9-20)3-5-16/h2-5,10-11H,6-8,12-13H2,1H3/t19-/m0/s1. The number of aromatic nitrogens is 2. The average molecular weight is 333 g/mol. The topological polar surface area (TPSA) is 73.1 Å². The van der Waals surface area contributed by atoms with Gasteiger partial charge in [0.25, 0.3) is 0 Å². The third kappa shape index (κ3) is 2.82. The van der Waals surface area contributed by atoms with Crippen molar-refractivity contribution in [2.24, 2.45) is 5.41 Å². The molecule has 1 spiro atoms. The van der Waals surface area contributed by atoms with Crippen molar-refractivity contribution in [3.05, 3.63) is 47.8 Å². The van der Waals surface area contributed by atoms with E-state index in [1.807, 2.05) is 36.4 Å². The van der Waals surface area contributed by atoms with E-state index in [-0.39, 0.29) is 11.3 Å². The number of hydrogen-bond donors (Lipinski definition) is 0. The van der Waals surface area contributed by atoms with Gasteiger partial charge in [0, 0.05) is 49.6 Å². The average Bonchev–Trinajstić information content (AvgIpc) is 3.19. The number of amides is 1. The number of nitriles is 1. The van der Waals surface area contributed by atoms with Gasteiger partial charge < -0.3 is 9.80 Å². The molecule has 0 radical (unpaired) electrons. The first-order valence-electron chi connectivity index (χ1n) is 8.43. The Morgan fingerprint density at radius 1 is 1.16 bits per heavy atom. The number of carbonyl (C=O) groups is 1. The van der Waals surface area contributed by atoms with Crippen molar-refractivity contribution in [1.82, 2.24) is 9.97 Å². The minimum Gasteiger partial charge on any atom is -0.340 e. The van der Waals surface area contributed by atoms with Crippen LogP contribution in [0.5, 0.6) is 0 Å². The molecule has 1 aromatic heterocycles. The minimum absolute atomic E-state index is 0.0424. The summed E-state index contributed by atoms with van der Waals surface area (Å²) in [5.74, 6) is 0.892. The SMILES string of the molecule is Cc1cnc(N2CC[C@]3(CC(=O)N(c4ccc(C#N)cc4)C3)C2)nc1. The van der Waals surface area contributed by atoms with Gasteiger partial charge in [-0.1, -0.05) is 0 Å². The summed E-state index contributed by atoms with van der Waals surface area (Å²) in [6.07, 6.45) is 5.17. The second kappa shape index (κ2) is 5.85. The molecule has 1 amide bonds. The molecule has 0 N–H and O–H groups in total. The van der Waals surface area contributed by atoms with Gasteiger partial charge >= 0.3 is 0 Å². The molecule has 126 valence electrons. The summed E-state index contributed by atoms with van der Waals surface area (Å²) < 4.78 is 0. The zero-order valence-electron chi connectivity index (χ0n) is 14.1. The number of carbonyl (C=O) groups excluding carboxylic acids is 1. The highest BCUT2D eigenvalue weighted by Gasteiger charge is 2.48. The van der Waals surface area contributed by atoms with Gasteiger partial charge in [-0.3, -0.25) is 4.79 Å². The predicted molar refractivity (Wildman–Crippen MR) is 94.2 cm³/mol. The molecular formula is C19H19N5O. The fourth-order valence-corrected chi connectivity index (χ4v) is 3.78. The van der Waals surface area contributed by atoms with Crippen LogP contribution in [0.3, 0.4) is 0 Å². The smallest absolute Gasteiger partial charge is 0.227 e. The molecule has 2 aromatic rings. The van der Waals surface area contributed by atoms with Crippen molar-refractivity contribution < 1.29 is 4.79 Å². The van der Waals surface area contributed by atoms with E-state index >= 15 is 0 Å². The quantitative estimate of drug-likeness (QED) is 0.843. The largest absolute Gasteiger partial charge is 0.340 e. The molecule has 0 unspecified atom stereocenters. The van der Waals surface area contributed by atoms with Crippen LogP contribution in [-0.2, 0) is 4.79 Å². The lowest BCUT2D eigenvalue weighted by Gasteiger charge is -2.24. The Morgan fingerprint density at radius 3 is 2.56 bits per heavy atom. The Kier molecular flexibility index (Phi) is 3.65. The van der Waals surface area contributed by atoms with Crippen LogP contribution >= 0.6 is 0 Å².